The van der Waals surface area contributed by atoms with Gasteiger partial charge in [0.1, 0.15) is 10.7 Å². The summed E-state index contributed by atoms with van der Waals surface area (Å²) >= 11 is 0. The van der Waals surface area contributed by atoms with Crippen LogP contribution in [0.4, 0.5) is 22.4 Å². The largest absolute Gasteiger partial charge is 0.465 e. The minimum absolute atomic E-state index is 0.0135. The van der Waals surface area contributed by atoms with Crippen LogP contribution in [-0.2, 0) is 16.2 Å². The van der Waals surface area contributed by atoms with E-state index in [2.05, 4.69) is 0 Å². The van der Waals surface area contributed by atoms with Crippen LogP contribution in [0.1, 0.15) is 5.56 Å². The van der Waals surface area contributed by atoms with E-state index >= 15 is 0 Å². The van der Waals surface area contributed by atoms with Crippen LogP contribution in [0.15, 0.2) is 23.1 Å². The molecule has 0 bridgehead atoms. The standard InChI is InChI=1S/C13H12F4N2O4S/c14-9-3-8(13(15,16)17)1-2-10(9)24(22,23)19-6-12(7-19)4-18(5-12)11(20)21/h1-3H,4-7H2,(H,20,21). The molecule has 1 spiro atoms. The van der Waals surface area contributed by atoms with E-state index < -0.39 is 44.0 Å². The summed E-state index contributed by atoms with van der Waals surface area (Å²) in [6.07, 6.45) is -5.87. The molecule has 132 valence electrons. The van der Waals surface area contributed by atoms with Gasteiger partial charge in [-0.15, -0.1) is 0 Å². The number of halogens is 4. The van der Waals surface area contributed by atoms with Gasteiger partial charge in [0.2, 0.25) is 10.0 Å². The highest BCUT2D eigenvalue weighted by atomic mass is 32.2. The first kappa shape index (κ1) is 17.0. The first-order chi connectivity index (χ1) is 10.9. The van der Waals surface area contributed by atoms with Crippen molar-refractivity contribution in [3.05, 3.63) is 29.6 Å². The highest BCUT2D eigenvalue weighted by Gasteiger charge is 2.56. The molecule has 0 radical (unpaired) electrons. The van der Waals surface area contributed by atoms with Gasteiger partial charge in [-0.05, 0) is 18.2 Å². The summed E-state index contributed by atoms with van der Waals surface area (Å²) in [5, 5.41) is 8.77. The average Bonchev–Trinajstić information content (AvgIpc) is 2.32. The fourth-order valence-corrected chi connectivity index (χ4v) is 4.71. The lowest BCUT2D eigenvalue weighted by molar-refractivity contribution is -0.137. The number of rotatable bonds is 2. The molecule has 0 unspecified atom stereocenters. The summed E-state index contributed by atoms with van der Waals surface area (Å²) in [6.45, 7) is 0.396. The van der Waals surface area contributed by atoms with Gasteiger partial charge in [0.25, 0.3) is 0 Å². The summed E-state index contributed by atoms with van der Waals surface area (Å²) in [7, 11) is -4.26. The number of hydrogen-bond donors (Lipinski definition) is 1. The van der Waals surface area contributed by atoms with Crippen LogP contribution in [0.5, 0.6) is 0 Å². The van der Waals surface area contributed by atoms with Gasteiger partial charge in [-0.3, -0.25) is 0 Å². The van der Waals surface area contributed by atoms with Crippen molar-refractivity contribution >= 4 is 16.1 Å². The zero-order valence-corrected chi connectivity index (χ0v) is 12.9. The molecule has 2 saturated heterocycles. The minimum Gasteiger partial charge on any atom is -0.465 e. The fraction of sp³-hybridized carbons (Fsp3) is 0.462. The van der Waals surface area contributed by atoms with E-state index in [1.807, 2.05) is 0 Å². The van der Waals surface area contributed by atoms with E-state index in [-0.39, 0.29) is 32.2 Å². The quantitative estimate of drug-likeness (QED) is 0.808. The van der Waals surface area contributed by atoms with Crippen molar-refractivity contribution in [2.24, 2.45) is 5.41 Å². The van der Waals surface area contributed by atoms with Gasteiger partial charge in [0.15, 0.2) is 0 Å². The number of sulfonamides is 1. The van der Waals surface area contributed by atoms with Crippen LogP contribution in [0.25, 0.3) is 0 Å². The Hall–Kier alpha value is -1.88. The van der Waals surface area contributed by atoms with E-state index in [0.717, 1.165) is 9.21 Å². The Kier molecular flexibility index (Phi) is 3.57. The molecule has 2 heterocycles. The highest BCUT2D eigenvalue weighted by molar-refractivity contribution is 7.89. The zero-order chi connectivity index (χ0) is 17.9. The number of hydrogen-bond acceptors (Lipinski definition) is 3. The Balaban J connectivity index is 1.75. The Morgan fingerprint density at radius 3 is 2.21 bits per heavy atom. The summed E-state index contributed by atoms with van der Waals surface area (Å²) in [6, 6.07) is 1.27. The molecule has 2 fully saturated rings. The van der Waals surface area contributed by atoms with Crippen molar-refractivity contribution < 1.29 is 35.9 Å². The van der Waals surface area contributed by atoms with Crippen molar-refractivity contribution in [2.45, 2.75) is 11.1 Å². The first-order valence-corrected chi connectivity index (χ1v) is 8.23. The van der Waals surface area contributed by atoms with Crippen molar-refractivity contribution in [3.8, 4) is 0 Å². The molecular formula is C13H12F4N2O4S. The molecule has 1 amide bonds. The molecule has 2 aliphatic rings. The number of carbonyl (C=O) groups is 1. The van der Waals surface area contributed by atoms with Crippen molar-refractivity contribution in [2.75, 3.05) is 26.2 Å². The zero-order valence-electron chi connectivity index (χ0n) is 12.0. The van der Waals surface area contributed by atoms with Crippen molar-refractivity contribution in [1.29, 1.82) is 0 Å². The van der Waals surface area contributed by atoms with Crippen molar-refractivity contribution in [1.82, 2.24) is 9.21 Å². The lowest BCUT2D eigenvalue weighted by atomic mass is 9.75. The van der Waals surface area contributed by atoms with E-state index in [1.165, 1.54) is 0 Å². The maximum absolute atomic E-state index is 13.9. The monoisotopic (exact) mass is 368 g/mol. The Labute approximate surface area is 134 Å². The van der Waals surface area contributed by atoms with E-state index in [9.17, 15) is 30.8 Å². The predicted octanol–water partition coefficient (Wildman–Crippen LogP) is 1.83. The molecule has 0 atom stereocenters. The van der Waals surface area contributed by atoms with E-state index in [0.29, 0.717) is 12.1 Å². The van der Waals surface area contributed by atoms with Crippen LogP contribution in [0.3, 0.4) is 0 Å². The van der Waals surface area contributed by atoms with Gasteiger partial charge in [-0.1, -0.05) is 0 Å². The molecule has 1 aromatic rings. The summed E-state index contributed by atoms with van der Waals surface area (Å²) < 4.78 is 77.0. The number of carboxylic acid groups (broad SMARTS) is 1. The van der Waals surface area contributed by atoms with Gasteiger partial charge >= 0.3 is 12.3 Å². The topological polar surface area (TPSA) is 77.9 Å². The average molecular weight is 368 g/mol. The second kappa shape index (κ2) is 5.06. The van der Waals surface area contributed by atoms with Gasteiger partial charge in [-0.2, -0.15) is 17.5 Å². The third-order valence-corrected chi connectivity index (χ3v) is 6.05. The number of likely N-dealkylation sites (tertiary alicyclic amines) is 1. The lowest BCUT2D eigenvalue weighted by Crippen LogP contribution is -2.73. The van der Waals surface area contributed by atoms with Gasteiger partial charge in [0, 0.05) is 31.6 Å². The normalized spacial score (nSPS) is 20.6. The molecule has 0 saturated carbocycles. The van der Waals surface area contributed by atoms with Crippen LogP contribution >= 0.6 is 0 Å². The van der Waals surface area contributed by atoms with Crippen LogP contribution in [0.2, 0.25) is 0 Å². The maximum atomic E-state index is 13.9. The molecule has 11 heteroatoms. The van der Waals surface area contributed by atoms with E-state index in [1.54, 1.807) is 0 Å². The van der Waals surface area contributed by atoms with Crippen LogP contribution in [0, 0.1) is 11.2 Å². The molecule has 2 aliphatic heterocycles. The Morgan fingerprint density at radius 2 is 1.75 bits per heavy atom. The molecule has 0 aliphatic carbocycles. The predicted molar refractivity (Wildman–Crippen MR) is 72.2 cm³/mol. The molecule has 3 rings (SSSR count). The SMILES string of the molecule is O=C(O)N1CC2(C1)CN(S(=O)(=O)c1ccc(C(F)(F)F)cc1F)C2. The van der Waals surface area contributed by atoms with E-state index in [4.69, 9.17) is 5.11 Å². The van der Waals surface area contributed by atoms with Crippen LogP contribution < -0.4 is 0 Å². The van der Waals surface area contributed by atoms with Gasteiger partial charge in [0.05, 0.1) is 5.56 Å². The third kappa shape index (κ3) is 2.61. The van der Waals surface area contributed by atoms with Crippen molar-refractivity contribution in [3.63, 3.8) is 0 Å². The summed E-state index contributed by atoms with van der Waals surface area (Å²) in [4.78, 5) is 11.0. The number of nitrogens with zero attached hydrogens (tertiary/aromatic N) is 2. The summed E-state index contributed by atoms with van der Waals surface area (Å²) in [5.41, 5.74) is -1.75. The molecule has 6 nitrogen and oxygen atoms in total. The fourth-order valence-electron chi connectivity index (χ4n) is 3.00. The second-order valence-electron chi connectivity index (χ2n) is 6.05. The first-order valence-electron chi connectivity index (χ1n) is 6.79. The second-order valence-corrected chi connectivity index (χ2v) is 7.96. The van der Waals surface area contributed by atoms with Gasteiger partial charge in [-0.25, -0.2) is 17.6 Å². The smallest absolute Gasteiger partial charge is 0.416 e. The molecule has 1 aromatic carbocycles. The molecule has 0 aromatic heterocycles. The van der Waals surface area contributed by atoms with Gasteiger partial charge < -0.3 is 10.0 Å². The number of alkyl halides is 3. The third-order valence-electron chi connectivity index (χ3n) is 4.22. The Morgan fingerprint density at radius 1 is 1.17 bits per heavy atom. The molecular weight excluding hydrogens is 356 g/mol. The lowest BCUT2D eigenvalue weighted by Gasteiger charge is -2.58. The molecule has 1 N–H and O–H groups in total. The highest BCUT2D eigenvalue weighted by Crippen LogP contribution is 2.42. The molecule has 24 heavy (non-hydrogen) atoms. The number of benzene rings is 1. The van der Waals surface area contributed by atoms with Crippen LogP contribution in [-0.4, -0.2) is 55.0 Å². The Bertz CT molecular complexity index is 795. The maximum Gasteiger partial charge on any atom is 0.416 e. The minimum atomic E-state index is -4.77. The number of amides is 1. The summed E-state index contributed by atoms with van der Waals surface area (Å²) in [5.74, 6) is -1.47.